The van der Waals surface area contributed by atoms with Crippen LogP contribution in [-0.2, 0) is 0 Å². The number of pyridine rings is 1. The molecule has 1 aromatic heterocycles. The lowest BCUT2D eigenvalue weighted by Gasteiger charge is -2.34. The molecule has 5 nitrogen and oxygen atoms in total. The van der Waals surface area contributed by atoms with Gasteiger partial charge in [0.25, 0.3) is 5.91 Å². The Balaban J connectivity index is 1.66. The molecule has 0 bridgehead atoms. The zero-order chi connectivity index (χ0) is 17.8. The number of nitrogens with zero attached hydrogens (tertiary/aromatic N) is 3. The lowest BCUT2D eigenvalue weighted by molar-refractivity contribution is 0.0933. The van der Waals surface area contributed by atoms with E-state index in [2.05, 4.69) is 15.2 Å². The Morgan fingerprint density at radius 3 is 2.92 bits per heavy atom. The Hall–Kier alpha value is -2.63. The van der Waals surface area contributed by atoms with Crippen LogP contribution in [0.3, 0.4) is 0 Å². The molecule has 0 radical (unpaired) electrons. The van der Waals surface area contributed by atoms with E-state index in [0.717, 1.165) is 30.9 Å². The molecule has 1 saturated heterocycles. The summed E-state index contributed by atoms with van der Waals surface area (Å²) in [5.74, 6) is 0.408. The highest BCUT2D eigenvalue weighted by molar-refractivity contribution is 5.95. The first kappa shape index (κ1) is 17.2. The van der Waals surface area contributed by atoms with Gasteiger partial charge in [-0.25, -0.2) is 9.37 Å². The molecule has 0 aliphatic carbocycles. The van der Waals surface area contributed by atoms with Crippen molar-refractivity contribution in [3.8, 4) is 0 Å². The average molecular weight is 342 g/mol. The summed E-state index contributed by atoms with van der Waals surface area (Å²) < 4.78 is 13.4. The number of hydrogen-bond donors (Lipinski definition) is 1. The highest BCUT2D eigenvalue weighted by atomic mass is 19.1. The number of carbonyl (C=O) groups excluding carboxylic acids is 1. The van der Waals surface area contributed by atoms with Gasteiger partial charge in [-0.2, -0.15) is 0 Å². The second-order valence-corrected chi connectivity index (χ2v) is 6.54. The summed E-state index contributed by atoms with van der Waals surface area (Å²) in [4.78, 5) is 20.8. The molecule has 6 heteroatoms. The number of nitrogens with one attached hydrogen (secondary N) is 1. The Kier molecular flexibility index (Phi) is 5.16. The van der Waals surface area contributed by atoms with Crippen molar-refractivity contribution in [3.63, 3.8) is 0 Å². The predicted octanol–water partition coefficient (Wildman–Crippen LogP) is 2.69. The molecule has 1 N–H and O–H groups in total. The highest BCUT2D eigenvalue weighted by Crippen LogP contribution is 2.21. The number of amides is 1. The van der Waals surface area contributed by atoms with Crippen LogP contribution in [0.1, 0.15) is 23.2 Å². The third kappa shape index (κ3) is 4.26. The van der Waals surface area contributed by atoms with Gasteiger partial charge >= 0.3 is 0 Å². The molecule has 2 aromatic rings. The van der Waals surface area contributed by atoms with Gasteiger partial charge in [-0.3, -0.25) is 4.79 Å². The molecule has 1 amide bonds. The molecule has 1 fully saturated rings. The van der Waals surface area contributed by atoms with Crippen molar-refractivity contribution in [1.82, 2.24) is 10.3 Å². The Morgan fingerprint density at radius 2 is 2.16 bits per heavy atom. The third-order valence-electron chi connectivity index (χ3n) is 4.40. The fourth-order valence-electron chi connectivity index (χ4n) is 3.08. The van der Waals surface area contributed by atoms with Gasteiger partial charge in [0.05, 0.1) is 0 Å². The zero-order valence-electron chi connectivity index (χ0n) is 14.6. The summed E-state index contributed by atoms with van der Waals surface area (Å²) in [6, 6.07) is 10.1. The standard InChI is InChI=1S/C19H23FN4O/c1-23(2)18-11-14(8-9-21-18)19(25)22-16-6-4-10-24(13-16)17-7-3-5-15(20)12-17/h3,5,7-9,11-12,16H,4,6,10,13H2,1-2H3,(H,22,25). The van der Waals surface area contributed by atoms with Gasteiger partial charge < -0.3 is 15.1 Å². The highest BCUT2D eigenvalue weighted by Gasteiger charge is 2.22. The monoisotopic (exact) mass is 342 g/mol. The van der Waals surface area contributed by atoms with Gasteiger partial charge in [0.1, 0.15) is 11.6 Å². The van der Waals surface area contributed by atoms with Crippen LogP contribution >= 0.6 is 0 Å². The fraction of sp³-hybridized carbons (Fsp3) is 0.368. The minimum absolute atomic E-state index is 0.0421. The molecule has 1 atom stereocenters. The van der Waals surface area contributed by atoms with E-state index in [1.54, 1.807) is 24.4 Å². The molecule has 0 spiro atoms. The minimum Gasteiger partial charge on any atom is -0.369 e. The predicted molar refractivity (Wildman–Crippen MR) is 97.7 cm³/mol. The van der Waals surface area contributed by atoms with Crippen LogP contribution in [0, 0.1) is 5.82 Å². The second-order valence-electron chi connectivity index (χ2n) is 6.54. The quantitative estimate of drug-likeness (QED) is 0.928. The van der Waals surface area contributed by atoms with Crippen LogP contribution in [0.2, 0.25) is 0 Å². The van der Waals surface area contributed by atoms with Gasteiger partial charge in [0, 0.05) is 50.7 Å². The van der Waals surface area contributed by atoms with Crippen LogP contribution in [0.25, 0.3) is 0 Å². The summed E-state index contributed by atoms with van der Waals surface area (Å²) >= 11 is 0. The zero-order valence-corrected chi connectivity index (χ0v) is 14.6. The number of anilines is 2. The van der Waals surface area contributed by atoms with E-state index >= 15 is 0 Å². The molecule has 2 heterocycles. The number of carbonyl (C=O) groups is 1. The second kappa shape index (κ2) is 7.51. The van der Waals surface area contributed by atoms with Crippen LogP contribution in [-0.4, -0.2) is 44.1 Å². The molecule has 25 heavy (non-hydrogen) atoms. The maximum atomic E-state index is 13.4. The molecule has 1 aliphatic heterocycles. The van der Waals surface area contributed by atoms with Crippen molar-refractivity contribution in [2.75, 3.05) is 37.0 Å². The van der Waals surface area contributed by atoms with E-state index in [0.29, 0.717) is 12.1 Å². The van der Waals surface area contributed by atoms with E-state index in [9.17, 15) is 9.18 Å². The maximum Gasteiger partial charge on any atom is 0.251 e. The first-order chi connectivity index (χ1) is 12.0. The molecule has 1 unspecified atom stereocenters. The first-order valence-electron chi connectivity index (χ1n) is 8.47. The third-order valence-corrected chi connectivity index (χ3v) is 4.40. The summed E-state index contributed by atoms with van der Waals surface area (Å²) in [7, 11) is 3.78. The molecule has 132 valence electrons. The molecule has 0 saturated carbocycles. The van der Waals surface area contributed by atoms with Gasteiger partial charge in [-0.1, -0.05) is 6.07 Å². The van der Waals surface area contributed by atoms with Crippen molar-refractivity contribution in [2.45, 2.75) is 18.9 Å². The van der Waals surface area contributed by atoms with E-state index in [1.807, 2.05) is 25.1 Å². The number of piperidine rings is 1. The Labute approximate surface area is 147 Å². The molecule has 3 rings (SSSR count). The summed E-state index contributed by atoms with van der Waals surface area (Å²) in [6.45, 7) is 1.55. The SMILES string of the molecule is CN(C)c1cc(C(=O)NC2CCCN(c3cccc(F)c3)C2)ccn1. The van der Waals surface area contributed by atoms with Crippen LogP contribution < -0.4 is 15.1 Å². The van der Waals surface area contributed by atoms with Gasteiger partial charge in [0.15, 0.2) is 0 Å². The maximum absolute atomic E-state index is 13.4. The number of rotatable bonds is 4. The Bertz CT molecular complexity index is 750. The smallest absolute Gasteiger partial charge is 0.251 e. The summed E-state index contributed by atoms with van der Waals surface area (Å²) in [6.07, 6.45) is 3.52. The number of halogens is 1. The van der Waals surface area contributed by atoms with Gasteiger partial charge in [-0.05, 0) is 43.2 Å². The first-order valence-corrected chi connectivity index (χ1v) is 8.47. The van der Waals surface area contributed by atoms with Crippen molar-refractivity contribution in [1.29, 1.82) is 0 Å². The normalized spacial score (nSPS) is 17.2. The number of hydrogen-bond acceptors (Lipinski definition) is 4. The molecule has 1 aromatic carbocycles. The average Bonchev–Trinajstić information content (AvgIpc) is 2.62. The van der Waals surface area contributed by atoms with Crippen molar-refractivity contribution in [3.05, 3.63) is 54.0 Å². The number of benzene rings is 1. The summed E-state index contributed by atoms with van der Waals surface area (Å²) in [5.41, 5.74) is 1.46. The largest absolute Gasteiger partial charge is 0.369 e. The van der Waals surface area contributed by atoms with E-state index < -0.39 is 0 Å². The van der Waals surface area contributed by atoms with Crippen molar-refractivity contribution < 1.29 is 9.18 Å². The Morgan fingerprint density at radius 1 is 1.32 bits per heavy atom. The fourth-order valence-corrected chi connectivity index (χ4v) is 3.08. The minimum atomic E-state index is -0.239. The molecular weight excluding hydrogens is 319 g/mol. The summed E-state index contributed by atoms with van der Waals surface area (Å²) in [5, 5.41) is 3.10. The van der Waals surface area contributed by atoms with Gasteiger partial charge in [0.2, 0.25) is 0 Å². The molecular formula is C19H23FN4O. The van der Waals surface area contributed by atoms with Crippen molar-refractivity contribution >= 4 is 17.4 Å². The molecule has 1 aliphatic rings. The van der Waals surface area contributed by atoms with E-state index in [-0.39, 0.29) is 17.8 Å². The van der Waals surface area contributed by atoms with Crippen LogP contribution in [0.4, 0.5) is 15.9 Å². The lowest BCUT2D eigenvalue weighted by atomic mass is 10.0. The van der Waals surface area contributed by atoms with Crippen LogP contribution in [0.5, 0.6) is 0 Å². The number of aromatic nitrogens is 1. The topological polar surface area (TPSA) is 48.5 Å². The van der Waals surface area contributed by atoms with Gasteiger partial charge in [-0.15, -0.1) is 0 Å². The van der Waals surface area contributed by atoms with E-state index in [1.165, 1.54) is 12.1 Å². The van der Waals surface area contributed by atoms with Crippen molar-refractivity contribution in [2.24, 2.45) is 0 Å². The van der Waals surface area contributed by atoms with E-state index in [4.69, 9.17) is 0 Å². The lowest BCUT2D eigenvalue weighted by Crippen LogP contribution is -2.47. The van der Waals surface area contributed by atoms with Crippen LogP contribution in [0.15, 0.2) is 42.6 Å².